The minimum atomic E-state index is 0.0597. The van der Waals surface area contributed by atoms with Crippen molar-refractivity contribution in [3.63, 3.8) is 0 Å². The van der Waals surface area contributed by atoms with Gasteiger partial charge in [-0.15, -0.1) is 0 Å². The summed E-state index contributed by atoms with van der Waals surface area (Å²) in [7, 11) is 0. The zero-order valence-electron chi connectivity index (χ0n) is 10.8. The van der Waals surface area contributed by atoms with Gasteiger partial charge in [-0.25, -0.2) is 0 Å². The topological polar surface area (TPSA) is 17.1 Å². The molecule has 0 aliphatic heterocycles. The Morgan fingerprint density at radius 1 is 0.895 bits per heavy atom. The number of fused-ring (bicyclic) bond motifs is 3. The molecule has 92 valence electrons. The molecule has 19 heavy (non-hydrogen) atoms. The smallest absolute Gasteiger partial charge is 0.186 e. The highest BCUT2D eigenvalue weighted by molar-refractivity contribution is 6.20. The predicted octanol–water partition coefficient (Wildman–Crippen LogP) is 4.75. The average molecular weight is 246 g/mol. The van der Waals surface area contributed by atoms with Crippen LogP contribution in [0.3, 0.4) is 0 Å². The van der Waals surface area contributed by atoms with E-state index in [1.54, 1.807) is 12.2 Å². The molecule has 0 atom stereocenters. The predicted molar refractivity (Wildman–Crippen MR) is 80.6 cm³/mol. The van der Waals surface area contributed by atoms with Gasteiger partial charge in [-0.2, -0.15) is 0 Å². The number of hydrogen-bond acceptors (Lipinski definition) is 1. The number of hydrogen-bond donors (Lipinski definition) is 0. The van der Waals surface area contributed by atoms with Crippen molar-refractivity contribution in [2.45, 2.75) is 6.92 Å². The van der Waals surface area contributed by atoms with Gasteiger partial charge in [-0.05, 0) is 40.6 Å². The van der Waals surface area contributed by atoms with Crippen LogP contribution in [0, 0.1) is 0 Å². The zero-order chi connectivity index (χ0) is 13.2. The molecule has 0 amide bonds. The summed E-state index contributed by atoms with van der Waals surface area (Å²) in [5, 5.41) is 4.45. The summed E-state index contributed by atoms with van der Waals surface area (Å²) in [4.78, 5) is 12.2. The van der Waals surface area contributed by atoms with Crippen LogP contribution in [-0.2, 0) is 0 Å². The molecule has 1 nitrogen and oxygen atoms in total. The second kappa shape index (κ2) is 4.69. The molecule has 0 bridgehead atoms. The second-order valence-electron chi connectivity index (χ2n) is 4.56. The lowest BCUT2D eigenvalue weighted by Gasteiger charge is -2.08. The lowest BCUT2D eigenvalue weighted by Crippen LogP contribution is -1.96. The van der Waals surface area contributed by atoms with Crippen LogP contribution in [0.15, 0.2) is 66.7 Å². The third-order valence-electron chi connectivity index (χ3n) is 3.35. The molecule has 3 aromatic rings. The first kappa shape index (κ1) is 11.7. The number of rotatable bonds is 2. The largest absolute Gasteiger partial charge is 0.289 e. The van der Waals surface area contributed by atoms with E-state index in [4.69, 9.17) is 0 Å². The first-order valence-electron chi connectivity index (χ1n) is 6.39. The maximum absolute atomic E-state index is 12.2. The third kappa shape index (κ3) is 1.93. The first-order chi connectivity index (χ1) is 9.31. The van der Waals surface area contributed by atoms with Crippen LogP contribution in [0.5, 0.6) is 0 Å². The number of allylic oxidation sites excluding steroid dienone is 2. The molecule has 0 N–H and O–H groups in total. The number of carbonyl (C=O) groups excluding carboxylic acids is 1. The van der Waals surface area contributed by atoms with Crippen molar-refractivity contribution in [3.8, 4) is 0 Å². The van der Waals surface area contributed by atoms with Crippen molar-refractivity contribution in [3.05, 3.63) is 72.3 Å². The van der Waals surface area contributed by atoms with Gasteiger partial charge in [0.15, 0.2) is 5.78 Å². The maximum Gasteiger partial charge on any atom is 0.186 e. The molecule has 3 aromatic carbocycles. The first-order valence-corrected chi connectivity index (χ1v) is 6.39. The molecule has 0 radical (unpaired) electrons. The number of ketones is 1. The minimum Gasteiger partial charge on any atom is -0.289 e. The Morgan fingerprint density at radius 2 is 1.53 bits per heavy atom. The van der Waals surface area contributed by atoms with Crippen molar-refractivity contribution in [1.82, 2.24) is 0 Å². The SMILES string of the molecule is C/C=C/C(=O)c1cc2ccccc2c2ccccc12. The highest BCUT2D eigenvalue weighted by Crippen LogP contribution is 2.29. The van der Waals surface area contributed by atoms with Crippen molar-refractivity contribution < 1.29 is 4.79 Å². The summed E-state index contributed by atoms with van der Waals surface area (Å²) in [6.07, 6.45) is 3.41. The van der Waals surface area contributed by atoms with E-state index in [-0.39, 0.29) is 5.78 Å². The zero-order valence-corrected chi connectivity index (χ0v) is 10.8. The molecule has 1 heteroatoms. The van der Waals surface area contributed by atoms with Crippen molar-refractivity contribution in [1.29, 1.82) is 0 Å². The van der Waals surface area contributed by atoms with Crippen LogP contribution in [0.2, 0.25) is 0 Å². The fourth-order valence-electron chi connectivity index (χ4n) is 2.50. The molecule has 0 saturated carbocycles. The molecule has 0 spiro atoms. The molecule has 0 saturated heterocycles. The van der Waals surface area contributed by atoms with Gasteiger partial charge in [-0.1, -0.05) is 54.6 Å². The Labute approximate surface area is 112 Å². The van der Waals surface area contributed by atoms with Gasteiger partial charge < -0.3 is 0 Å². The molecule has 0 aliphatic rings. The molecular weight excluding hydrogens is 232 g/mol. The van der Waals surface area contributed by atoms with E-state index in [9.17, 15) is 4.79 Å². The summed E-state index contributed by atoms with van der Waals surface area (Å²) >= 11 is 0. The lowest BCUT2D eigenvalue weighted by atomic mass is 9.95. The maximum atomic E-state index is 12.2. The summed E-state index contributed by atoms with van der Waals surface area (Å²) < 4.78 is 0. The van der Waals surface area contributed by atoms with Gasteiger partial charge >= 0.3 is 0 Å². The fourth-order valence-corrected chi connectivity index (χ4v) is 2.50. The van der Waals surface area contributed by atoms with Crippen LogP contribution in [0.25, 0.3) is 21.5 Å². The summed E-state index contributed by atoms with van der Waals surface area (Å²) in [5.41, 5.74) is 0.771. The fraction of sp³-hybridized carbons (Fsp3) is 0.0556. The molecule has 0 fully saturated rings. The molecule has 3 rings (SSSR count). The molecule has 0 unspecified atom stereocenters. The van der Waals surface area contributed by atoms with E-state index in [2.05, 4.69) is 12.1 Å². The van der Waals surface area contributed by atoms with Crippen molar-refractivity contribution in [2.75, 3.05) is 0 Å². The highest BCUT2D eigenvalue weighted by Gasteiger charge is 2.10. The van der Waals surface area contributed by atoms with E-state index < -0.39 is 0 Å². The van der Waals surface area contributed by atoms with Gasteiger partial charge in [0.05, 0.1) is 0 Å². The molecule has 0 aliphatic carbocycles. The van der Waals surface area contributed by atoms with E-state index in [0.29, 0.717) is 0 Å². The summed E-state index contributed by atoms with van der Waals surface area (Å²) in [6, 6.07) is 18.2. The van der Waals surface area contributed by atoms with Crippen LogP contribution < -0.4 is 0 Å². The van der Waals surface area contributed by atoms with E-state index in [1.165, 1.54) is 5.39 Å². The molecule has 0 heterocycles. The van der Waals surface area contributed by atoms with Crippen LogP contribution in [-0.4, -0.2) is 5.78 Å². The summed E-state index contributed by atoms with van der Waals surface area (Å²) in [6.45, 7) is 1.86. The standard InChI is InChI=1S/C18H14O/c1-2-7-18(19)17-12-13-8-3-4-9-14(13)15-10-5-6-11-16(15)17/h2-12H,1H3/b7-2+. The Hall–Kier alpha value is -2.41. The van der Waals surface area contributed by atoms with Crippen LogP contribution in [0.4, 0.5) is 0 Å². The molecular formula is C18H14O. The van der Waals surface area contributed by atoms with Gasteiger partial charge in [-0.3, -0.25) is 4.79 Å². The van der Waals surface area contributed by atoms with Gasteiger partial charge in [0.2, 0.25) is 0 Å². The number of carbonyl (C=O) groups is 1. The lowest BCUT2D eigenvalue weighted by molar-refractivity contribution is 0.104. The van der Waals surface area contributed by atoms with Gasteiger partial charge in [0, 0.05) is 5.56 Å². The molecule has 0 aromatic heterocycles. The Bertz CT molecular complexity index is 797. The van der Waals surface area contributed by atoms with Gasteiger partial charge in [0.1, 0.15) is 0 Å². The van der Waals surface area contributed by atoms with E-state index >= 15 is 0 Å². The Morgan fingerprint density at radius 3 is 2.26 bits per heavy atom. The Balaban J connectivity index is 2.45. The normalized spacial score (nSPS) is 11.4. The van der Waals surface area contributed by atoms with E-state index in [0.717, 1.165) is 21.7 Å². The van der Waals surface area contributed by atoms with Gasteiger partial charge in [0.25, 0.3) is 0 Å². The quantitative estimate of drug-likeness (QED) is 0.362. The van der Waals surface area contributed by atoms with Crippen LogP contribution >= 0.6 is 0 Å². The van der Waals surface area contributed by atoms with Crippen molar-refractivity contribution >= 4 is 27.3 Å². The van der Waals surface area contributed by atoms with Crippen LogP contribution in [0.1, 0.15) is 17.3 Å². The highest BCUT2D eigenvalue weighted by atomic mass is 16.1. The van der Waals surface area contributed by atoms with E-state index in [1.807, 2.05) is 49.4 Å². The minimum absolute atomic E-state index is 0.0597. The Kier molecular flexibility index (Phi) is 2.88. The number of benzene rings is 3. The average Bonchev–Trinajstić information content (AvgIpc) is 2.46. The second-order valence-corrected chi connectivity index (χ2v) is 4.56. The third-order valence-corrected chi connectivity index (χ3v) is 3.35. The monoisotopic (exact) mass is 246 g/mol. The summed E-state index contributed by atoms with van der Waals surface area (Å²) in [5.74, 6) is 0.0597. The van der Waals surface area contributed by atoms with Crippen molar-refractivity contribution in [2.24, 2.45) is 0 Å².